The number of methoxy groups -OCH3 is 1. The fraction of sp³-hybridized carbons (Fsp3) is 0.212. The lowest BCUT2D eigenvalue weighted by atomic mass is 9.88. The number of nitriles is 1. The van der Waals surface area contributed by atoms with Gasteiger partial charge >= 0.3 is 5.97 Å². The van der Waals surface area contributed by atoms with E-state index in [0.717, 1.165) is 31.0 Å². The van der Waals surface area contributed by atoms with Crippen LogP contribution in [-0.2, 0) is 17.8 Å². The first-order chi connectivity index (χ1) is 21.2. The van der Waals surface area contributed by atoms with E-state index in [4.69, 9.17) is 14.7 Å². The van der Waals surface area contributed by atoms with Crippen molar-refractivity contribution < 1.29 is 32.5 Å². The number of carboxylic acid groups (broad SMARTS) is 1. The second-order valence-electron chi connectivity index (χ2n) is 10.5. The highest BCUT2D eigenvalue weighted by molar-refractivity contribution is 5.92. The van der Waals surface area contributed by atoms with Gasteiger partial charge in [0.2, 0.25) is 5.88 Å². The molecule has 0 spiro atoms. The van der Waals surface area contributed by atoms with Gasteiger partial charge in [-0.05, 0) is 66.9 Å². The number of carboxylic acids is 1. The largest absolute Gasteiger partial charge is 0.478 e. The van der Waals surface area contributed by atoms with Crippen molar-refractivity contribution in [3.8, 4) is 23.2 Å². The van der Waals surface area contributed by atoms with Crippen LogP contribution in [0.5, 0.6) is 5.88 Å². The summed E-state index contributed by atoms with van der Waals surface area (Å²) in [4.78, 5) is 20.6. The zero-order valence-electron chi connectivity index (χ0n) is 23.4. The Hall–Kier alpha value is -5.21. The van der Waals surface area contributed by atoms with Crippen molar-refractivity contribution in [1.82, 2.24) is 14.5 Å². The molecule has 44 heavy (non-hydrogen) atoms. The van der Waals surface area contributed by atoms with Gasteiger partial charge in [-0.3, -0.25) is 0 Å². The van der Waals surface area contributed by atoms with Crippen molar-refractivity contribution in [1.29, 1.82) is 5.26 Å². The van der Waals surface area contributed by atoms with Crippen LogP contribution in [0.2, 0.25) is 0 Å². The number of aromatic carboxylic acids is 1. The summed E-state index contributed by atoms with van der Waals surface area (Å²) < 4.78 is 58.3. The maximum atomic E-state index is 15.5. The summed E-state index contributed by atoms with van der Waals surface area (Å²) in [6, 6.07) is 17.1. The Morgan fingerprint density at radius 2 is 1.82 bits per heavy atom. The van der Waals surface area contributed by atoms with Gasteiger partial charge in [-0.15, -0.1) is 0 Å². The molecule has 0 unspecified atom stereocenters. The molecule has 5 aromatic rings. The number of fused-ring (bicyclic) bond motifs is 1. The first-order valence-electron chi connectivity index (χ1n) is 13.8. The molecule has 2 aromatic heterocycles. The topological polar surface area (TPSA) is 110 Å². The van der Waals surface area contributed by atoms with Gasteiger partial charge in [-0.2, -0.15) is 5.26 Å². The van der Waals surface area contributed by atoms with Gasteiger partial charge in [-0.25, -0.2) is 27.9 Å². The molecule has 2 heterocycles. The van der Waals surface area contributed by atoms with E-state index in [-0.39, 0.29) is 64.6 Å². The molecular weight excluding hydrogens is 573 g/mol. The quantitative estimate of drug-likeness (QED) is 0.203. The minimum absolute atomic E-state index is 0.0419. The summed E-state index contributed by atoms with van der Waals surface area (Å²) >= 11 is 0. The number of pyridine rings is 1. The standard InChI is InChI=1S/C33H25F3N4O4/c1-43-30-10-9-28(30)40-29-13-19(33(41)42)7-8-27(29)38-31(40)14-21-12-25(36)22(15-24(21)35)26-3-2-4-32(39-26)44-17-20-6-5-18(16-37)11-23(20)34/h2-8,11-13,15,28,30H,9-10,14,17H2,1H3,(H,41,42)/t28-,30-/m0/s1. The molecule has 222 valence electrons. The molecular formula is C33H25F3N4O4. The van der Waals surface area contributed by atoms with E-state index in [9.17, 15) is 14.3 Å². The van der Waals surface area contributed by atoms with Crippen LogP contribution in [0, 0.1) is 28.8 Å². The van der Waals surface area contributed by atoms with Gasteiger partial charge in [0.15, 0.2) is 0 Å². The number of hydrogen-bond donors (Lipinski definition) is 1. The monoisotopic (exact) mass is 598 g/mol. The summed E-state index contributed by atoms with van der Waals surface area (Å²) in [6.45, 7) is -0.177. The lowest BCUT2D eigenvalue weighted by molar-refractivity contribution is -0.00838. The van der Waals surface area contributed by atoms with Crippen LogP contribution in [0.4, 0.5) is 13.2 Å². The van der Waals surface area contributed by atoms with E-state index < -0.39 is 23.4 Å². The van der Waals surface area contributed by atoms with Gasteiger partial charge in [-0.1, -0.05) is 12.1 Å². The fourth-order valence-electron chi connectivity index (χ4n) is 5.41. The number of benzene rings is 3. The van der Waals surface area contributed by atoms with Crippen molar-refractivity contribution in [2.75, 3.05) is 7.11 Å². The van der Waals surface area contributed by atoms with Crippen LogP contribution >= 0.6 is 0 Å². The minimum Gasteiger partial charge on any atom is -0.478 e. The van der Waals surface area contributed by atoms with Crippen LogP contribution < -0.4 is 4.74 Å². The van der Waals surface area contributed by atoms with E-state index in [2.05, 4.69) is 9.97 Å². The molecule has 1 aliphatic rings. The van der Waals surface area contributed by atoms with E-state index in [0.29, 0.717) is 16.9 Å². The van der Waals surface area contributed by atoms with Gasteiger partial charge < -0.3 is 19.1 Å². The lowest BCUT2D eigenvalue weighted by Crippen LogP contribution is -2.36. The first-order valence-corrected chi connectivity index (χ1v) is 13.8. The average Bonchev–Trinajstić information content (AvgIpc) is 3.34. The zero-order valence-corrected chi connectivity index (χ0v) is 23.4. The molecule has 1 N–H and O–H groups in total. The third-order valence-electron chi connectivity index (χ3n) is 7.86. The second kappa shape index (κ2) is 11.8. The molecule has 0 amide bonds. The van der Waals surface area contributed by atoms with Gasteiger partial charge in [0, 0.05) is 30.7 Å². The minimum atomic E-state index is -1.08. The number of rotatable bonds is 9. The molecule has 0 bridgehead atoms. The van der Waals surface area contributed by atoms with E-state index in [1.165, 1.54) is 36.4 Å². The molecule has 6 rings (SSSR count). The normalized spacial score (nSPS) is 16.0. The number of hydrogen-bond acceptors (Lipinski definition) is 6. The highest BCUT2D eigenvalue weighted by Crippen LogP contribution is 2.39. The maximum absolute atomic E-state index is 15.5. The third-order valence-corrected chi connectivity index (χ3v) is 7.86. The maximum Gasteiger partial charge on any atom is 0.335 e. The van der Waals surface area contributed by atoms with Crippen LogP contribution in [0.25, 0.3) is 22.3 Å². The van der Waals surface area contributed by atoms with E-state index in [1.807, 2.05) is 10.6 Å². The molecule has 3 aromatic carbocycles. The lowest BCUT2D eigenvalue weighted by Gasteiger charge is -2.37. The van der Waals surface area contributed by atoms with E-state index >= 15 is 8.78 Å². The van der Waals surface area contributed by atoms with Crippen LogP contribution in [-0.4, -0.2) is 38.8 Å². The first kappa shape index (κ1) is 28.9. The highest BCUT2D eigenvalue weighted by Gasteiger charge is 2.35. The van der Waals surface area contributed by atoms with Crippen molar-refractivity contribution in [2.45, 2.75) is 38.0 Å². The molecule has 1 saturated carbocycles. The molecule has 11 heteroatoms. The Morgan fingerprint density at radius 1 is 1.00 bits per heavy atom. The molecule has 0 radical (unpaired) electrons. The number of ether oxygens (including phenoxy) is 2. The molecule has 8 nitrogen and oxygen atoms in total. The average molecular weight is 599 g/mol. The fourth-order valence-corrected chi connectivity index (χ4v) is 5.41. The Kier molecular flexibility index (Phi) is 7.76. The highest BCUT2D eigenvalue weighted by atomic mass is 19.1. The predicted octanol–water partition coefficient (Wildman–Crippen LogP) is 6.61. The van der Waals surface area contributed by atoms with Crippen molar-refractivity contribution in [3.05, 3.63) is 112 Å². The van der Waals surface area contributed by atoms with Crippen LogP contribution in [0.3, 0.4) is 0 Å². The Bertz CT molecular complexity index is 1950. The summed E-state index contributed by atoms with van der Waals surface area (Å²) in [5.41, 5.74) is 1.73. The molecule has 0 saturated heterocycles. The molecule has 0 aliphatic heterocycles. The van der Waals surface area contributed by atoms with Gasteiger partial charge in [0.25, 0.3) is 0 Å². The summed E-state index contributed by atoms with van der Waals surface area (Å²) in [6.07, 6.45) is 1.43. The summed E-state index contributed by atoms with van der Waals surface area (Å²) in [7, 11) is 1.60. The van der Waals surface area contributed by atoms with Crippen molar-refractivity contribution in [3.63, 3.8) is 0 Å². The molecule has 1 aliphatic carbocycles. The van der Waals surface area contributed by atoms with Gasteiger partial charge in [0.1, 0.15) is 29.9 Å². The van der Waals surface area contributed by atoms with Crippen molar-refractivity contribution in [2.24, 2.45) is 0 Å². The van der Waals surface area contributed by atoms with Crippen molar-refractivity contribution >= 4 is 17.0 Å². The van der Waals surface area contributed by atoms with E-state index in [1.54, 1.807) is 19.2 Å². The summed E-state index contributed by atoms with van der Waals surface area (Å²) in [5.74, 6) is -2.52. The Balaban J connectivity index is 1.28. The third kappa shape index (κ3) is 5.47. The Morgan fingerprint density at radius 3 is 2.52 bits per heavy atom. The van der Waals surface area contributed by atoms with Crippen LogP contribution in [0.15, 0.2) is 66.7 Å². The number of nitrogens with zero attached hydrogens (tertiary/aromatic N) is 4. The summed E-state index contributed by atoms with van der Waals surface area (Å²) in [5, 5.41) is 18.4. The predicted molar refractivity (Wildman–Crippen MR) is 154 cm³/mol. The molecule has 1 fully saturated rings. The van der Waals surface area contributed by atoms with Crippen LogP contribution in [0.1, 0.15) is 51.8 Å². The number of halogens is 3. The smallest absolute Gasteiger partial charge is 0.335 e. The Labute approximate surface area is 249 Å². The SMILES string of the molecule is CO[C@H]1CC[C@@H]1n1c(Cc2cc(F)c(-c3cccc(OCc4ccc(C#N)cc4F)n3)cc2F)nc2ccc(C(=O)O)cc21. The second-order valence-corrected chi connectivity index (χ2v) is 10.5. The zero-order chi connectivity index (χ0) is 31.0. The molecule has 2 atom stereocenters. The number of aromatic nitrogens is 3. The number of carbonyl (C=O) groups is 1. The van der Waals surface area contributed by atoms with Gasteiger partial charge in [0.05, 0.1) is 46.1 Å². The number of imidazole rings is 1.